The molecule has 0 spiro atoms. The molecule has 0 heterocycles. The van der Waals surface area contributed by atoms with E-state index >= 15 is 0 Å². The average Bonchev–Trinajstić information content (AvgIpc) is 3.12. The van der Waals surface area contributed by atoms with Gasteiger partial charge in [-0.15, -0.1) is 0 Å². The van der Waals surface area contributed by atoms with Gasteiger partial charge in [-0.2, -0.15) is 0 Å². The number of nitrogens with two attached hydrogens (primary N) is 1. The first-order chi connectivity index (χ1) is 8.58. The first kappa shape index (κ1) is 12.8. The van der Waals surface area contributed by atoms with Gasteiger partial charge in [-0.05, 0) is 25.0 Å². The monoisotopic (exact) mass is 263 g/mol. The summed E-state index contributed by atoms with van der Waals surface area (Å²) in [6.45, 7) is 0.316. The lowest BCUT2D eigenvalue weighted by Gasteiger charge is -2.21. The van der Waals surface area contributed by atoms with Crippen LogP contribution in [0, 0.1) is 0 Å². The number of benzene rings is 1. The first-order valence-corrected chi connectivity index (χ1v) is 6.38. The largest absolute Gasteiger partial charge is 0.389 e. The number of rotatable bonds is 5. The highest BCUT2D eigenvalue weighted by molar-refractivity contribution is 7.80. The Balaban J connectivity index is 2.05. The number of anilines is 1. The Hall–Kier alpha value is -1.62. The molecule has 1 amide bonds. The molecule has 0 atom stereocenters. The molecule has 0 radical (unpaired) electrons. The molecule has 96 valence electrons. The van der Waals surface area contributed by atoms with Crippen molar-refractivity contribution >= 4 is 28.8 Å². The fraction of sp³-hybridized carbons (Fsp3) is 0.385. The molecule has 1 fully saturated rings. The van der Waals surface area contributed by atoms with Crippen molar-refractivity contribution in [3.63, 3.8) is 0 Å². The molecule has 0 aliphatic heterocycles. The molecular formula is C13H17N3OS. The Morgan fingerprint density at radius 3 is 2.78 bits per heavy atom. The second kappa shape index (κ2) is 5.35. The fourth-order valence-electron chi connectivity index (χ4n) is 1.82. The second-order valence-electron chi connectivity index (χ2n) is 4.58. The molecule has 18 heavy (non-hydrogen) atoms. The van der Waals surface area contributed by atoms with Crippen LogP contribution in [-0.4, -0.2) is 30.5 Å². The molecule has 3 N–H and O–H groups in total. The molecule has 1 saturated carbocycles. The summed E-state index contributed by atoms with van der Waals surface area (Å²) in [6, 6.07) is 7.96. The van der Waals surface area contributed by atoms with E-state index in [9.17, 15) is 4.79 Å². The van der Waals surface area contributed by atoms with Crippen molar-refractivity contribution in [2.24, 2.45) is 5.73 Å². The van der Waals surface area contributed by atoms with Gasteiger partial charge in [0.25, 0.3) is 0 Å². The molecule has 1 aliphatic rings. The van der Waals surface area contributed by atoms with Crippen molar-refractivity contribution in [2.45, 2.75) is 18.9 Å². The van der Waals surface area contributed by atoms with Crippen LogP contribution in [0.3, 0.4) is 0 Å². The number of amides is 1. The Kier molecular flexibility index (Phi) is 3.81. The molecule has 0 saturated heterocycles. The lowest BCUT2D eigenvalue weighted by molar-refractivity contribution is -0.119. The number of hydrogen-bond donors (Lipinski definition) is 2. The van der Waals surface area contributed by atoms with Crippen LogP contribution in [0.1, 0.15) is 18.4 Å². The molecule has 4 nitrogen and oxygen atoms in total. The molecule has 2 rings (SSSR count). The number of para-hydroxylation sites is 1. The van der Waals surface area contributed by atoms with Gasteiger partial charge in [0.1, 0.15) is 4.99 Å². The van der Waals surface area contributed by atoms with E-state index in [0.29, 0.717) is 17.6 Å². The van der Waals surface area contributed by atoms with Crippen LogP contribution < -0.4 is 16.0 Å². The standard InChI is InChI=1S/C13H17N3OS/c1-16(8-12(17)15-9-6-7-9)11-5-3-2-4-10(11)13(14)18/h2-5,9H,6-8H2,1H3,(H2,14,18)(H,15,17). The van der Waals surface area contributed by atoms with Crippen LogP contribution in [0.5, 0.6) is 0 Å². The molecule has 0 bridgehead atoms. The maximum atomic E-state index is 11.7. The van der Waals surface area contributed by atoms with Crippen molar-refractivity contribution in [3.8, 4) is 0 Å². The van der Waals surface area contributed by atoms with Gasteiger partial charge in [0.05, 0.1) is 6.54 Å². The zero-order valence-corrected chi connectivity index (χ0v) is 11.2. The quantitative estimate of drug-likeness (QED) is 0.779. The molecule has 1 aromatic rings. The summed E-state index contributed by atoms with van der Waals surface area (Å²) >= 11 is 5.01. The SMILES string of the molecule is CN(CC(=O)NC1CC1)c1ccccc1C(N)=S. The van der Waals surface area contributed by atoms with Crippen molar-refractivity contribution in [1.82, 2.24) is 5.32 Å². The van der Waals surface area contributed by atoms with Crippen molar-refractivity contribution in [3.05, 3.63) is 29.8 Å². The third-order valence-corrected chi connectivity index (χ3v) is 3.12. The summed E-state index contributed by atoms with van der Waals surface area (Å²) in [5, 5.41) is 2.96. The highest BCUT2D eigenvalue weighted by atomic mass is 32.1. The topological polar surface area (TPSA) is 58.4 Å². The van der Waals surface area contributed by atoms with Crippen LogP contribution in [-0.2, 0) is 4.79 Å². The van der Waals surface area contributed by atoms with Gasteiger partial charge in [0, 0.05) is 24.3 Å². The van der Waals surface area contributed by atoms with E-state index in [2.05, 4.69) is 5.32 Å². The minimum Gasteiger partial charge on any atom is -0.389 e. The Labute approximate surface area is 112 Å². The van der Waals surface area contributed by atoms with E-state index in [-0.39, 0.29) is 5.91 Å². The Morgan fingerprint density at radius 2 is 2.17 bits per heavy atom. The number of nitrogens with zero attached hydrogens (tertiary/aromatic N) is 1. The van der Waals surface area contributed by atoms with Gasteiger partial charge in [0.15, 0.2) is 0 Å². The molecule has 0 aromatic heterocycles. The highest BCUT2D eigenvalue weighted by Crippen LogP contribution is 2.20. The van der Waals surface area contributed by atoms with E-state index in [1.807, 2.05) is 36.2 Å². The van der Waals surface area contributed by atoms with Crippen molar-refractivity contribution in [2.75, 3.05) is 18.5 Å². The fourth-order valence-corrected chi connectivity index (χ4v) is 1.99. The van der Waals surface area contributed by atoms with Gasteiger partial charge in [-0.1, -0.05) is 24.4 Å². The summed E-state index contributed by atoms with van der Waals surface area (Å²) in [5.41, 5.74) is 7.36. The maximum Gasteiger partial charge on any atom is 0.239 e. The zero-order valence-electron chi connectivity index (χ0n) is 10.3. The Morgan fingerprint density at radius 1 is 1.50 bits per heavy atom. The van der Waals surface area contributed by atoms with E-state index in [1.165, 1.54) is 0 Å². The van der Waals surface area contributed by atoms with Crippen LogP contribution in [0.2, 0.25) is 0 Å². The summed E-state index contributed by atoms with van der Waals surface area (Å²) in [6.07, 6.45) is 2.19. The van der Waals surface area contributed by atoms with E-state index < -0.39 is 0 Å². The summed E-state index contributed by atoms with van der Waals surface area (Å²) in [7, 11) is 1.86. The van der Waals surface area contributed by atoms with Gasteiger partial charge in [0.2, 0.25) is 5.91 Å². The summed E-state index contributed by atoms with van der Waals surface area (Å²) in [4.78, 5) is 14.0. The van der Waals surface area contributed by atoms with Crippen molar-refractivity contribution < 1.29 is 4.79 Å². The van der Waals surface area contributed by atoms with Crippen molar-refractivity contribution in [1.29, 1.82) is 0 Å². The smallest absolute Gasteiger partial charge is 0.239 e. The van der Waals surface area contributed by atoms with Crippen LogP contribution in [0.25, 0.3) is 0 Å². The predicted octanol–water partition coefficient (Wildman–Crippen LogP) is 1.04. The first-order valence-electron chi connectivity index (χ1n) is 5.97. The molecular weight excluding hydrogens is 246 g/mol. The van der Waals surface area contributed by atoms with Crippen LogP contribution in [0.15, 0.2) is 24.3 Å². The minimum absolute atomic E-state index is 0.0396. The normalized spacial score (nSPS) is 14.1. The van der Waals surface area contributed by atoms with E-state index in [4.69, 9.17) is 18.0 Å². The van der Waals surface area contributed by atoms with Gasteiger partial charge >= 0.3 is 0 Å². The maximum absolute atomic E-state index is 11.7. The lowest BCUT2D eigenvalue weighted by Crippen LogP contribution is -2.36. The zero-order chi connectivity index (χ0) is 13.1. The molecule has 5 heteroatoms. The average molecular weight is 263 g/mol. The lowest BCUT2D eigenvalue weighted by atomic mass is 10.1. The number of carbonyl (C=O) groups excluding carboxylic acids is 1. The second-order valence-corrected chi connectivity index (χ2v) is 5.02. The van der Waals surface area contributed by atoms with Gasteiger partial charge < -0.3 is 16.0 Å². The van der Waals surface area contributed by atoms with E-state index in [1.54, 1.807) is 0 Å². The number of likely N-dealkylation sites (N-methyl/N-ethyl adjacent to an activating group) is 1. The molecule has 1 aliphatic carbocycles. The van der Waals surface area contributed by atoms with Gasteiger partial charge in [-0.25, -0.2) is 0 Å². The number of hydrogen-bond acceptors (Lipinski definition) is 3. The van der Waals surface area contributed by atoms with E-state index in [0.717, 1.165) is 24.1 Å². The molecule has 1 aromatic carbocycles. The number of thiocarbonyl (C=S) groups is 1. The number of nitrogens with one attached hydrogen (secondary N) is 1. The third kappa shape index (κ3) is 3.20. The Bertz CT molecular complexity index is 471. The van der Waals surface area contributed by atoms with Crippen LogP contribution >= 0.6 is 12.2 Å². The predicted molar refractivity (Wildman–Crippen MR) is 76.8 cm³/mol. The third-order valence-electron chi connectivity index (χ3n) is 2.90. The molecule has 0 unspecified atom stereocenters. The highest BCUT2D eigenvalue weighted by Gasteiger charge is 2.23. The number of carbonyl (C=O) groups is 1. The summed E-state index contributed by atoms with van der Waals surface area (Å²) < 4.78 is 0. The van der Waals surface area contributed by atoms with Gasteiger partial charge in [-0.3, -0.25) is 4.79 Å². The summed E-state index contributed by atoms with van der Waals surface area (Å²) in [5.74, 6) is 0.0396. The van der Waals surface area contributed by atoms with Crippen LogP contribution in [0.4, 0.5) is 5.69 Å². The minimum atomic E-state index is 0.0396.